The van der Waals surface area contributed by atoms with Gasteiger partial charge in [0.15, 0.2) is 11.5 Å². The molecule has 1 heterocycles. The van der Waals surface area contributed by atoms with Crippen LogP contribution in [-0.4, -0.2) is 23.5 Å². The second kappa shape index (κ2) is 10.8. The number of aromatic nitrogens is 1. The normalized spacial score (nSPS) is 11.6. The van der Waals surface area contributed by atoms with Crippen molar-refractivity contribution in [3.63, 3.8) is 0 Å². The Hall–Kier alpha value is -2.86. The summed E-state index contributed by atoms with van der Waals surface area (Å²) in [6.07, 6.45) is 4.21. The van der Waals surface area contributed by atoms with E-state index in [4.69, 9.17) is 9.47 Å². The first-order valence-electron chi connectivity index (χ1n) is 9.89. The Balaban J connectivity index is 1.64. The average molecular weight is 469 g/mol. The van der Waals surface area contributed by atoms with Gasteiger partial charge in [0.1, 0.15) is 6.61 Å². The highest BCUT2D eigenvalue weighted by Gasteiger charge is 2.14. The standard InChI is InChI=1S/C24H25BrN2O3/c1-3-29-23-15-20(6-9-22(23)30-16-19-10-12-26-13-11-19)24(28)27-17(2)14-18-4-7-21(25)8-5-18/h4-13,15,17H,3,14,16H2,1-2H3,(H,27,28). The van der Waals surface area contributed by atoms with Crippen LogP contribution in [0.4, 0.5) is 0 Å². The zero-order valence-corrected chi connectivity index (χ0v) is 18.7. The molecule has 0 aliphatic carbocycles. The molecule has 1 unspecified atom stereocenters. The molecule has 0 radical (unpaired) electrons. The van der Waals surface area contributed by atoms with Crippen LogP contribution in [0.1, 0.15) is 35.3 Å². The molecular weight excluding hydrogens is 444 g/mol. The largest absolute Gasteiger partial charge is 0.490 e. The molecular formula is C24H25BrN2O3. The predicted octanol–water partition coefficient (Wildman–Crippen LogP) is 5.18. The molecule has 156 valence electrons. The zero-order chi connectivity index (χ0) is 21.3. The Labute approximate surface area is 185 Å². The van der Waals surface area contributed by atoms with Gasteiger partial charge < -0.3 is 14.8 Å². The van der Waals surface area contributed by atoms with Gasteiger partial charge in [-0.1, -0.05) is 28.1 Å². The summed E-state index contributed by atoms with van der Waals surface area (Å²) < 4.78 is 12.6. The predicted molar refractivity (Wildman–Crippen MR) is 121 cm³/mol. The molecule has 1 amide bonds. The fourth-order valence-electron chi connectivity index (χ4n) is 3.01. The van der Waals surface area contributed by atoms with Gasteiger partial charge in [0.25, 0.3) is 5.91 Å². The summed E-state index contributed by atoms with van der Waals surface area (Å²) >= 11 is 3.44. The molecule has 1 N–H and O–H groups in total. The Morgan fingerprint density at radius 2 is 1.73 bits per heavy atom. The first-order chi connectivity index (χ1) is 14.5. The Kier molecular flexibility index (Phi) is 7.85. The lowest BCUT2D eigenvalue weighted by Gasteiger charge is -2.16. The molecule has 1 atom stereocenters. The fourth-order valence-corrected chi connectivity index (χ4v) is 3.27. The third-order valence-corrected chi connectivity index (χ3v) is 5.01. The molecule has 0 spiro atoms. The highest BCUT2D eigenvalue weighted by Crippen LogP contribution is 2.29. The van der Waals surface area contributed by atoms with E-state index in [-0.39, 0.29) is 11.9 Å². The minimum atomic E-state index is -0.138. The van der Waals surface area contributed by atoms with Crippen molar-refractivity contribution < 1.29 is 14.3 Å². The number of rotatable bonds is 9. The molecule has 0 aliphatic rings. The SMILES string of the molecule is CCOc1cc(C(=O)NC(C)Cc2ccc(Br)cc2)ccc1OCc1ccncc1. The van der Waals surface area contributed by atoms with Crippen LogP contribution in [0.2, 0.25) is 0 Å². The number of amides is 1. The smallest absolute Gasteiger partial charge is 0.251 e. The van der Waals surface area contributed by atoms with Gasteiger partial charge in [0.2, 0.25) is 0 Å². The summed E-state index contributed by atoms with van der Waals surface area (Å²) in [5.74, 6) is 1.02. The molecule has 2 aromatic carbocycles. The van der Waals surface area contributed by atoms with Crippen LogP contribution in [0.25, 0.3) is 0 Å². The third-order valence-electron chi connectivity index (χ3n) is 4.48. The highest BCUT2D eigenvalue weighted by molar-refractivity contribution is 9.10. The summed E-state index contributed by atoms with van der Waals surface area (Å²) in [7, 11) is 0. The molecule has 0 fully saturated rings. The van der Waals surface area contributed by atoms with Gasteiger partial charge in [-0.3, -0.25) is 9.78 Å². The number of hydrogen-bond acceptors (Lipinski definition) is 4. The van der Waals surface area contributed by atoms with Crippen LogP contribution >= 0.6 is 15.9 Å². The van der Waals surface area contributed by atoms with Gasteiger partial charge in [-0.2, -0.15) is 0 Å². The Morgan fingerprint density at radius 1 is 1.00 bits per heavy atom. The Bertz CT molecular complexity index is 962. The number of pyridine rings is 1. The van der Waals surface area contributed by atoms with Gasteiger partial charge in [-0.15, -0.1) is 0 Å². The molecule has 3 rings (SSSR count). The van der Waals surface area contributed by atoms with E-state index in [0.29, 0.717) is 30.3 Å². The van der Waals surface area contributed by atoms with Crippen LogP contribution in [0.15, 0.2) is 71.5 Å². The minimum absolute atomic E-state index is 0.00293. The van der Waals surface area contributed by atoms with Crippen molar-refractivity contribution in [3.8, 4) is 11.5 Å². The lowest BCUT2D eigenvalue weighted by molar-refractivity contribution is 0.0939. The van der Waals surface area contributed by atoms with Gasteiger partial charge in [-0.25, -0.2) is 0 Å². The van der Waals surface area contributed by atoms with Crippen LogP contribution < -0.4 is 14.8 Å². The summed E-state index contributed by atoms with van der Waals surface area (Å²) in [6.45, 7) is 4.78. The van der Waals surface area contributed by atoms with E-state index in [1.54, 1.807) is 30.6 Å². The van der Waals surface area contributed by atoms with Crippen LogP contribution in [-0.2, 0) is 13.0 Å². The topological polar surface area (TPSA) is 60.5 Å². The molecule has 0 bridgehead atoms. The van der Waals surface area contributed by atoms with Gasteiger partial charge in [0, 0.05) is 28.5 Å². The van der Waals surface area contributed by atoms with Crippen molar-refractivity contribution >= 4 is 21.8 Å². The van der Waals surface area contributed by atoms with Crippen molar-refractivity contribution in [2.75, 3.05) is 6.61 Å². The quantitative estimate of drug-likeness (QED) is 0.469. The van der Waals surface area contributed by atoms with E-state index in [1.807, 2.05) is 38.1 Å². The maximum Gasteiger partial charge on any atom is 0.251 e. The van der Waals surface area contributed by atoms with Crippen molar-refractivity contribution in [1.82, 2.24) is 10.3 Å². The summed E-state index contributed by atoms with van der Waals surface area (Å²) in [6, 6.07) is 17.2. The number of carbonyl (C=O) groups is 1. The molecule has 1 aromatic heterocycles. The van der Waals surface area contributed by atoms with Crippen LogP contribution in [0.3, 0.4) is 0 Å². The highest BCUT2D eigenvalue weighted by atomic mass is 79.9. The van der Waals surface area contributed by atoms with E-state index < -0.39 is 0 Å². The van der Waals surface area contributed by atoms with Crippen molar-refractivity contribution in [2.45, 2.75) is 32.9 Å². The maximum atomic E-state index is 12.7. The fraction of sp³-hybridized carbons (Fsp3) is 0.250. The summed E-state index contributed by atoms with van der Waals surface area (Å²) in [4.78, 5) is 16.7. The first kappa shape index (κ1) is 21.8. The lowest BCUT2D eigenvalue weighted by atomic mass is 10.1. The summed E-state index contributed by atoms with van der Waals surface area (Å²) in [5, 5.41) is 3.05. The third kappa shape index (κ3) is 6.32. The van der Waals surface area contributed by atoms with E-state index in [9.17, 15) is 4.79 Å². The van der Waals surface area contributed by atoms with Gasteiger partial charge in [0.05, 0.1) is 6.61 Å². The molecule has 5 nitrogen and oxygen atoms in total. The molecule has 6 heteroatoms. The second-order valence-electron chi connectivity index (χ2n) is 6.94. The van der Waals surface area contributed by atoms with Crippen molar-refractivity contribution in [1.29, 1.82) is 0 Å². The molecule has 0 saturated carbocycles. The van der Waals surface area contributed by atoms with E-state index in [0.717, 1.165) is 16.5 Å². The monoisotopic (exact) mass is 468 g/mol. The number of nitrogens with one attached hydrogen (secondary N) is 1. The average Bonchev–Trinajstić information content (AvgIpc) is 2.75. The van der Waals surface area contributed by atoms with E-state index >= 15 is 0 Å². The first-order valence-corrected chi connectivity index (χ1v) is 10.7. The van der Waals surface area contributed by atoms with Gasteiger partial charge >= 0.3 is 0 Å². The molecule has 3 aromatic rings. The number of ether oxygens (including phenoxy) is 2. The van der Waals surface area contributed by atoms with Crippen LogP contribution in [0, 0.1) is 0 Å². The number of hydrogen-bond donors (Lipinski definition) is 1. The summed E-state index contributed by atoms with van der Waals surface area (Å²) in [5.41, 5.74) is 2.72. The zero-order valence-electron chi connectivity index (χ0n) is 17.1. The van der Waals surface area contributed by atoms with E-state index in [1.165, 1.54) is 5.56 Å². The molecule has 0 aliphatic heterocycles. The van der Waals surface area contributed by atoms with E-state index in [2.05, 4.69) is 38.4 Å². The lowest BCUT2D eigenvalue weighted by Crippen LogP contribution is -2.34. The van der Waals surface area contributed by atoms with Crippen LogP contribution in [0.5, 0.6) is 11.5 Å². The molecule has 0 saturated heterocycles. The Morgan fingerprint density at radius 3 is 2.43 bits per heavy atom. The number of nitrogens with zero attached hydrogens (tertiary/aromatic N) is 1. The number of carbonyl (C=O) groups excluding carboxylic acids is 1. The maximum absolute atomic E-state index is 12.7. The van der Waals surface area contributed by atoms with Crippen molar-refractivity contribution in [3.05, 3.63) is 88.2 Å². The molecule has 30 heavy (non-hydrogen) atoms. The van der Waals surface area contributed by atoms with Gasteiger partial charge in [-0.05, 0) is 73.9 Å². The second-order valence-corrected chi connectivity index (χ2v) is 7.86. The minimum Gasteiger partial charge on any atom is -0.490 e. The number of benzene rings is 2. The van der Waals surface area contributed by atoms with Crippen molar-refractivity contribution in [2.24, 2.45) is 0 Å². The number of halogens is 1.